The Kier molecular flexibility index (Phi) is 3.51. The maximum Gasteiger partial charge on any atom is 0.133 e. The van der Waals surface area contributed by atoms with E-state index >= 15 is 0 Å². The van der Waals surface area contributed by atoms with Crippen LogP contribution in [0.3, 0.4) is 0 Å². The summed E-state index contributed by atoms with van der Waals surface area (Å²) < 4.78 is 21.0. The number of hydrogen-bond donors (Lipinski definition) is 1. The molecule has 1 N–H and O–H groups in total. The van der Waals surface area contributed by atoms with E-state index in [1.165, 1.54) is 6.20 Å². The van der Waals surface area contributed by atoms with Crippen molar-refractivity contribution in [2.24, 2.45) is 0 Å². The molecule has 0 saturated carbocycles. The van der Waals surface area contributed by atoms with Crippen molar-refractivity contribution >= 4 is 11.1 Å². The highest BCUT2D eigenvalue weighted by Crippen LogP contribution is 2.19. The van der Waals surface area contributed by atoms with Crippen molar-refractivity contribution in [3.63, 3.8) is 0 Å². The van der Waals surface area contributed by atoms with Gasteiger partial charge < -0.3 is 9.66 Å². The first kappa shape index (κ1) is 11.8. The lowest BCUT2D eigenvalue weighted by Gasteiger charge is -2.06. The molecule has 0 aliphatic carbocycles. The number of hydrogen-bond acceptors (Lipinski definition) is 4. The number of aromatic hydroxyl groups is 1. The molecule has 0 bridgehead atoms. The van der Waals surface area contributed by atoms with Gasteiger partial charge >= 0.3 is 0 Å². The third kappa shape index (κ3) is 3.12. The van der Waals surface area contributed by atoms with Crippen LogP contribution in [-0.4, -0.2) is 18.9 Å². The van der Waals surface area contributed by atoms with Crippen molar-refractivity contribution in [2.45, 2.75) is 5.75 Å². The van der Waals surface area contributed by atoms with Crippen molar-refractivity contribution in [2.75, 3.05) is 0 Å². The van der Waals surface area contributed by atoms with E-state index in [0.717, 1.165) is 16.8 Å². The summed E-state index contributed by atoms with van der Waals surface area (Å²) in [6, 6.07) is 10.4. The predicted octanol–water partition coefficient (Wildman–Crippen LogP) is 1.83. The largest absolute Gasteiger partial charge is 0.772 e. The Morgan fingerprint density at radius 1 is 1.18 bits per heavy atom. The third-order valence-electron chi connectivity index (χ3n) is 2.28. The normalized spacial score (nSPS) is 12.3. The average Bonchev–Trinajstić information content (AvgIpc) is 2.30. The molecule has 17 heavy (non-hydrogen) atoms. The van der Waals surface area contributed by atoms with E-state index in [1.807, 2.05) is 12.1 Å². The van der Waals surface area contributed by atoms with Crippen LogP contribution in [-0.2, 0) is 16.8 Å². The SMILES string of the molecule is O=S([O-])Cc1ccc(-c2ccc(O)cn2)cc1. The molecule has 1 unspecified atom stereocenters. The van der Waals surface area contributed by atoms with Crippen LogP contribution >= 0.6 is 0 Å². The summed E-state index contributed by atoms with van der Waals surface area (Å²) in [5.74, 6) is 0.135. The zero-order valence-electron chi connectivity index (χ0n) is 8.87. The minimum atomic E-state index is -2.07. The van der Waals surface area contributed by atoms with Crippen LogP contribution in [0, 0.1) is 0 Å². The van der Waals surface area contributed by atoms with Crippen molar-refractivity contribution in [3.8, 4) is 17.0 Å². The van der Waals surface area contributed by atoms with E-state index < -0.39 is 11.1 Å². The zero-order valence-corrected chi connectivity index (χ0v) is 9.68. The lowest BCUT2D eigenvalue weighted by Crippen LogP contribution is -1.93. The molecule has 5 heteroatoms. The first-order valence-electron chi connectivity index (χ1n) is 4.95. The molecule has 0 radical (unpaired) electrons. The van der Waals surface area contributed by atoms with Crippen molar-refractivity contribution in [1.82, 2.24) is 4.98 Å². The van der Waals surface area contributed by atoms with Gasteiger partial charge in [0.1, 0.15) is 5.75 Å². The van der Waals surface area contributed by atoms with Crippen molar-refractivity contribution in [3.05, 3.63) is 48.2 Å². The number of pyridine rings is 1. The summed E-state index contributed by atoms with van der Waals surface area (Å²) in [6.07, 6.45) is 1.37. The Morgan fingerprint density at radius 3 is 2.41 bits per heavy atom. The quantitative estimate of drug-likeness (QED) is 0.841. The molecular weight excluding hydrogens is 238 g/mol. The van der Waals surface area contributed by atoms with Gasteiger partial charge in [-0.25, -0.2) is 0 Å². The lowest BCUT2D eigenvalue weighted by molar-refractivity contribution is 0.473. The van der Waals surface area contributed by atoms with E-state index in [4.69, 9.17) is 5.11 Å². The van der Waals surface area contributed by atoms with Crippen LogP contribution in [0.5, 0.6) is 5.75 Å². The van der Waals surface area contributed by atoms with E-state index in [0.29, 0.717) is 0 Å². The minimum Gasteiger partial charge on any atom is -0.772 e. The fraction of sp³-hybridized carbons (Fsp3) is 0.0833. The maximum absolute atomic E-state index is 10.5. The molecule has 1 atom stereocenters. The van der Waals surface area contributed by atoms with E-state index in [1.54, 1.807) is 24.3 Å². The highest BCUT2D eigenvalue weighted by atomic mass is 32.2. The van der Waals surface area contributed by atoms with Gasteiger partial charge in [-0.3, -0.25) is 9.19 Å². The molecule has 1 aromatic heterocycles. The topological polar surface area (TPSA) is 73.2 Å². The Morgan fingerprint density at radius 2 is 1.88 bits per heavy atom. The second-order valence-corrected chi connectivity index (χ2v) is 4.44. The van der Waals surface area contributed by atoms with Crippen LogP contribution in [0.4, 0.5) is 0 Å². The molecule has 0 amide bonds. The number of nitrogens with zero attached hydrogens (tertiary/aromatic N) is 1. The summed E-state index contributed by atoms with van der Waals surface area (Å²) in [6.45, 7) is 0. The van der Waals surface area contributed by atoms with E-state index in [9.17, 15) is 8.76 Å². The third-order valence-corrected chi connectivity index (χ3v) is 2.85. The predicted molar refractivity (Wildman–Crippen MR) is 64.0 cm³/mol. The van der Waals surface area contributed by atoms with Crippen LogP contribution in [0.25, 0.3) is 11.3 Å². The molecule has 1 heterocycles. The first-order chi connectivity index (χ1) is 8.15. The van der Waals surface area contributed by atoms with Gasteiger partial charge in [-0.05, 0) is 17.7 Å². The van der Waals surface area contributed by atoms with E-state index in [2.05, 4.69) is 4.98 Å². The van der Waals surface area contributed by atoms with Gasteiger partial charge in [-0.1, -0.05) is 35.3 Å². The van der Waals surface area contributed by atoms with Crippen LogP contribution in [0.1, 0.15) is 5.56 Å². The number of benzene rings is 1. The minimum absolute atomic E-state index is 0.0171. The molecule has 0 aliphatic heterocycles. The Balaban J connectivity index is 2.23. The fourth-order valence-corrected chi connectivity index (χ4v) is 1.93. The molecular formula is C12H10NO3S-. The van der Waals surface area contributed by atoms with Gasteiger partial charge in [0.15, 0.2) is 0 Å². The molecule has 2 rings (SSSR count). The average molecular weight is 248 g/mol. The van der Waals surface area contributed by atoms with Crippen LogP contribution in [0.2, 0.25) is 0 Å². The van der Waals surface area contributed by atoms with Gasteiger partial charge in [-0.2, -0.15) is 0 Å². The Bertz CT molecular complexity index is 522. The summed E-state index contributed by atoms with van der Waals surface area (Å²) in [4.78, 5) is 4.07. The monoisotopic (exact) mass is 248 g/mol. The van der Waals surface area contributed by atoms with Crippen LogP contribution < -0.4 is 0 Å². The van der Waals surface area contributed by atoms with Gasteiger partial charge in [0.05, 0.1) is 11.9 Å². The molecule has 4 nitrogen and oxygen atoms in total. The summed E-state index contributed by atoms with van der Waals surface area (Å²) in [5, 5.41) is 9.12. The van der Waals surface area contributed by atoms with Gasteiger partial charge in [0, 0.05) is 11.3 Å². The van der Waals surface area contributed by atoms with Gasteiger partial charge in [0.25, 0.3) is 0 Å². The Hall–Kier alpha value is -1.72. The number of aromatic nitrogens is 1. The first-order valence-corrected chi connectivity index (χ1v) is 6.20. The molecule has 0 aliphatic rings. The second kappa shape index (κ2) is 5.07. The van der Waals surface area contributed by atoms with Crippen LogP contribution in [0.15, 0.2) is 42.6 Å². The van der Waals surface area contributed by atoms with Crippen molar-refractivity contribution in [1.29, 1.82) is 0 Å². The summed E-state index contributed by atoms with van der Waals surface area (Å²) >= 11 is -2.07. The number of rotatable bonds is 3. The summed E-state index contributed by atoms with van der Waals surface area (Å²) in [7, 11) is 0. The molecule has 1 aromatic carbocycles. The lowest BCUT2D eigenvalue weighted by atomic mass is 10.1. The highest BCUT2D eigenvalue weighted by molar-refractivity contribution is 7.78. The second-order valence-electron chi connectivity index (χ2n) is 3.55. The molecule has 88 valence electrons. The van der Waals surface area contributed by atoms with Crippen molar-refractivity contribution < 1.29 is 13.9 Å². The van der Waals surface area contributed by atoms with Gasteiger partial charge in [-0.15, -0.1) is 0 Å². The van der Waals surface area contributed by atoms with Gasteiger partial charge in [0.2, 0.25) is 0 Å². The summed E-state index contributed by atoms with van der Waals surface area (Å²) in [5.41, 5.74) is 2.35. The van der Waals surface area contributed by atoms with E-state index in [-0.39, 0.29) is 11.5 Å². The Labute approximate surface area is 101 Å². The fourth-order valence-electron chi connectivity index (χ4n) is 1.46. The maximum atomic E-state index is 10.5. The smallest absolute Gasteiger partial charge is 0.133 e. The molecule has 0 saturated heterocycles. The molecule has 0 spiro atoms. The highest BCUT2D eigenvalue weighted by Gasteiger charge is 2.00. The standard InChI is InChI=1S/C12H11NO3S/c14-11-5-6-12(13-7-11)10-3-1-9(2-4-10)8-17(15)16/h1-7,14H,8H2,(H,15,16)/p-1. The molecule has 2 aromatic rings. The zero-order chi connectivity index (χ0) is 12.3. The molecule has 0 fully saturated rings.